The highest BCUT2D eigenvalue weighted by Gasteiger charge is 2.23. The number of carbonyl (C=O) groups is 1. The van der Waals surface area contributed by atoms with Crippen molar-refractivity contribution in [3.63, 3.8) is 0 Å². The van der Waals surface area contributed by atoms with E-state index in [9.17, 15) is 13.2 Å². The molecule has 108 valence electrons. The van der Waals surface area contributed by atoms with Crippen molar-refractivity contribution in [2.45, 2.75) is 24.8 Å². The van der Waals surface area contributed by atoms with Gasteiger partial charge in [0.1, 0.15) is 10.6 Å². The molecule has 0 unspecified atom stereocenters. The van der Waals surface area contributed by atoms with E-state index in [2.05, 4.69) is 0 Å². The molecule has 19 heavy (non-hydrogen) atoms. The molecule has 0 saturated heterocycles. The predicted octanol–water partition coefficient (Wildman–Crippen LogP) is -0.485. The van der Waals surface area contributed by atoms with E-state index in [1.54, 1.807) is 7.05 Å². The molecule has 1 amide bonds. The standard InChI is InChI=1S/C11H19N3O4S/c1-8(2)14(4-5-15)11(16)10-6-9(7-13(10)3)19(12,17)18/h6-8,15H,4-5H2,1-3H3,(H2,12,17,18). The number of aromatic nitrogens is 1. The first-order valence-electron chi connectivity index (χ1n) is 5.79. The van der Waals surface area contributed by atoms with Crippen LogP contribution < -0.4 is 5.14 Å². The quantitative estimate of drug-likeness (QED) is 0.763. The van der Waals surface area contributed by atoms with Gasteiger partial charge in [0.2, 0.25) is 10.0 Å². The third-order valence-electron chi connectivity index (χ3n) is 2.75. The van der Waals surface area contributed by atoms with E-state index >= 15 is 0 Å². The van der Waals surface area contributed by atoms with Crippen LogP contribution in [0.15, 0.2) is 17.2 Å². The van der Waals surface area contributed by atoms with Gasteiger partial charge in [-0.15, -0.1) is 0 Å². The lowest BCUT2D eigenvalue weighted by Crippen LogP contribution is -2.39. The van der Waals surface area contributed by atoms with Crippen molar-refractivity contribution < 1.29 is 18.3 Å². The van der Waals surface area contributed by atoms with Crippen molar-refractivity contribution in [1.29, 1.82) is 0 Å². The Bertz CT molecular complexity index is 562. The minimum Gasteiger partial charge on any atom is -0.395 e. The van der Waals surface area contributed by atoms with Crippen LogP contribution in [-0.2, 0) is 17.1 Å². The normalized spacial score (nSPS) is 11.9. The maximum Gasteiger partial charge on any atom is 0.270 e. The van der Waals surface area contributed by atoms with Gasteiger partial charge in [-0.2, -0.15) is 0 Å². The fraction of sp³-hybridized carbons (Fsp3) is 0.545. The van der Waals surface area contributed by atoms with Gasteiger partial charge in [-0.05, 0) is 19.9 Å². The molecule has 3 N–H and O–H groups in total. The van der Waals surface area contributed by atoms with Crippen molar-refractivity contribution in [2.24, 2.45) is 12.2 Å². The van der Waals surface area contributed by atoms with Crippen LogP contribution in [0.3, 0.4) is 0 Å². The van der Waals surface area contributed by atoms with Gasteiger partial charge < -0.3 is 14.6 Å². The highest BCUT2D eigenvalue weighted by Crippen LogP contribution is 2.15. The Labute approximate surface area is 112 Å². The van der Waals surface area contributed by atoms with Crippen LogP contribution in [0.25, 0.3) is 0 Å². The Morgan fingerprint density at radius 1 is 1.53 bits per heavy atom. The monoisotopic (exact) mass is 289 g/mol. The summed E-state index contributed by atoms with van der Waals surface area (Å²) in [5, 5.41) is 14.0. The zero-order chi connectivity index (χ0) is 14.8. The number of nitrogens with two attached hydrogens (primary N) is 1. The van der Waals surface area contributed by atoms with Gasteiger partial charge in [-0.3, -0.25) is 4.79 Å². The van der Waals surface area contributed by atoms with E-state index in [1.165, 1.54) is 21.7 Å². The Morgan fingerprint density at radius 2 is 2.11 bits per heavy atom. The number of hydrogen-bond acceptors (Lipinski definition) is 4. The van der Waals surface area contributed by atoms with Gasteiger partial charge in [-0.25, -0.2) is 13.6 Å². The Kier molecular flexibility index (Phi) is 4.72. The second-order valence-corrected chi connectivity index (χ2v) is 6.09. The molecule has 1 rings (SSSR count). The number of aryl methyl sites for hydroxylation is 1. The number of nitrogens with zero attached hydrogens (tertiary/aromatic N) is 2. The molecule has 0 aromatic carbocycles. The van der Waals surface area contributed by atoms with Crippen LogP contribution in [0, 0.1) is 0 Å². The smallest absolute Gasteiger partial charge is 0.270 e. The van der Waals surface area contributed by atoms with Crippen molar-refractivity contribution in [3.8, 4) is 0 Å². The minimum absolute atomic E-state index is 0.104. The SMILES string of the molecule is CC(C)N(CCO)C(=O)c1cc(S(N)(=O)=O)cn1C. The average Bonchev–Trinajstić information content (AvgIpc) is 2.66. The van der Waals surface area contributed by atoms with Gasteiger partial charge >= 0.3 is 0 Å². The predicted molar refractivity (Wildman–Crippen MR) is 70.0 cm³/mol. The van der Waals surface area contributed by atoms with E-state index < -0.39 is 10.0 Å². The van der Waals surface area contributed by atoms with E-state index in [1.807, 2.05) is 13.8 Å². The highest BCUT2D eigenvalue weighted by molar-refractivity contribution is 7.89. The first kappa shape index (κ1) is 15.7. The van der Waals surface area contributed by atoms with Gasteiger partial charge in [0.25, 0.3) is 5.91 Å². The fourth-order valence-electron chi connectivity index (χ4n) is 1.75. The summed E-state index contributed by atoms with van der Waals surface area (Å²) in [6, 6.07) is 1.14. The molecule has 0 bridgehead atoms. The first-order valence-corrected chi connectivity index (χ1v) is 7.34. The number of amides is 1. The molecule has 0 atom stereocenters. The number of carbonyl (C=O) groups excluding carboxylic acids is 1. The third kappa shape index (κ3) is 3.55. The summed E-state index contributed by atoms with van der Waals surface area (Å²) in [6.07, 6.45) is 1.29. The summed E-state index contributed by atoms with van der Waals surface area (Å²) < 4.78 is 23.9. The maximum atomic E-state index is 12.3. The van der Waals surface area contributed by atoms with Crippen LogP contribution in [0.4, 0.5) is 0 Å². The lowest BCUT2D eigenvalue weighted by atomic mass is 10.2. The fourth-order valence-corrected chi connectivity index (χ4v) is 2.33. The topological polar surface area (TPSA) is 106 Å². The molecule has 0 spiro atoms. The van der Waals surface area contributed by atoms with E-state index in [4.69, 9.17) is 10.2 Å². The van der Waals surface area contributed by atoms with Gasteiger partial charge in [-0.1, -0.05) is 0 Å². The number of sulfonamides is 1. The second-order valence-electron chi connectivity index (χ2n) is 4.53. The van der Waals surface area contributed by atoms with Gasteiger partial charge in [0.15, 0.2) is 0 Å². The van der Waals surface area contributed by atoms with E-state index in [0.717, 1.165) is 0 Å². The Balaban J connectivity index is 3.15. The zero-order valence-electron chi connectivity index (χ0n) is 11.2. The van der Waals surface area contributed by atoms with E-state index in [-0.39, 0.29) is 35.7 Å². The highest BCUT2D eigenvalue weighted by atomic mass is 32.2. The lowest BCUT2D eigenvalue weighted by molar-refractivity contribution is 0.0655. The van der Waals surface area contributed by atoms with Crippen LogP contribution >= 0.6 is 0 Å². The number of primary sulfonamides is 1. The minimum atomic E-state index is -3.84. The number of rotatable bonds is 5. The summed E-state index contributed by atoms with van der Waals surface area (Å²) in [5.41, 5.74) is 0.214. The molecule has 0 saturated carbocycles. The number of hydrogen-bond donors (Lipinski definition) is 2. The number of aliphatic hydroxyl groups is 1. The zero-order valence-corrected chi connectivity index (χ0v) is 12.0. The largest absolute Gasteiger partial charge is 0.395 e. The second kappa shape index (κ2) is 5.72. The van der Waals surface area contributed by atoms with Crippen molar-refractivity contribution >= 4 is 15.9 Å². The van der Waals surface area contributed by atoms with E-state index in [0.29, 0.717) is 0 Å². The molecule has 1 aromatic heterocycles. The summed E-state index contributed by atoms with van der Waals surface area (Å²) in [7, 11) is -2.27. The van der Waals surface area contributed by atoms with Crippen molar-refractivity contribution in [2.75, 3.05) is 13.2 Å². The summed E-state index contributed by atoms with van der Waals surface area (Å²) in [6.45, 7) is 3.66. The molecule has 0 aliphatic carbocycles. The van der Waals surface area contributed by atoms with Crippen molar-refractivity contribution in [3.05, 3.63) is 18.0 Å². The first-order chi connectivity index (χ1) is 8.68. The Hall–Kier alpha value is -1.38. The van der Waals surface area contributed by atoms with Crippen LogP contribution in [0.5, 0.6) is 0 Å². The third-order valence-corrected chi connectivity index (χ3v) is 3.63. The Morgan fingerprint density at radius 3 is 2.47 bits per heavy atom. The van der Waals surface area contributed by atoms with Gasteiger partial charge in [0.05, 0.1) is 6.61 Å². The molecule has 0 fully saturated rings. The molecule has 1 aromatic rings. The summed E-state index contributed by atoms with van der Waals surface area (Å²) in [5.74, 6) is -0.346. The number of aliphatic hydroxyl groups excluding tert-OH is 1. The maximum absolute atomic E-state index is 12.3. The van der Waals surface area contributed by atoms with Crippen LogP contribution in [0.2, 0.25) is 0 Å². The van der Waals surface area contributed by atoms with Crippen molar-refractivity contribution in [1.82, 2.24) is 9.47 Å². The summed E-state index contributed by atoms with van der Waals surface area (Å²) >= 11 is 0. The molecule has 0 aliphatic rings. The van der Waals surface area contributed by atoms with Crippen LogP contribution in [0.1, 0.15) is 24.3 Å². The molecule has 0 aliphatic heterocycles. The lowest BCUT2D eigenvalue weighted by Gasteiger charge is -2.25. The molecule has 1 heterocycles. The van der Waals surface area contributed by atoms with Gasteiger partial charge in [0, 0.05) is 25.8 Å². The molecule has 8 heteroatoms. The van der Waals surface area contributed by atoms with Crippen LogP contribution in [-0.4, -0.2) is 48.1 Å². The molecule has 0 radical (unpaired) electrons. The molecule has 7 nitrogen and oxygen atoms in total. The molecular weight excluding hydrogens is 270 g/mol. The average molecular weight is 289 g/mol. The summed E-state index contributed by atoms with van der Waals surface area (Å²) in [4.78, 5) is 13.7. The molecular formula is C11H19N3O4S.